The first-order valence-corrected chi connectivity index (χ1v) is 20.0. The molecule has 2 amide bonds. The number of rotatable bonds is 10. The summed E-state index contributed by atoms with van der Waals surface area (Å²) in [7, 11) is -2.13. The van der Waals surface area contributed by atoms with Gasteiger partial charge >= 0.3 is 0 Å². The highest BCUT2D eigenvalue weighted by Crippen LogP contribution is 2.45. The average molecular weight is 688 g/mol. The molecular formula is C37H52ClF2N3O3Si. The van der Waals surface area contributed by atoms with Crippen molar-refractivity contribution in [1.29, 1.82) is 0 Å². The van der Waals surface area contributed by atoms with Crippen LogP contribution in [0.25, 0.3) is 11.1 Å². The Kier molecular flexibility index (Phi) is 11.2. The summed E-state index contributed by atoms with van der Waals surface area (Å²) in [5.41, 5.74) is 4.88. The summed E-state index contributed by atoms with van der Waals surface area (Å²) in [5.74, 6) is -2.50. The summed E-state index contributed by atoms with van der Waals surface area (Å²) in [4.78, 5) is 27.1. The Labute approximate surface area is 285 Å². The molecule has 0 aliphatic carbocycles. The molecule has 0 aromatic heterocycles. The number of alkyl halides is 2. The van der Waals surface area contributed by atoms with Crippen molar-refractivity contribution in [2.24, 2.45) is 5.92 Å². The van der Waals surface area contributed by atoms with E-state index >= 15 is 0 Å². The normalized spacial score (nSPS) is 22.6. The van der Waals surface area contributed by atoms with Crippen molar-refractivity contribution in [3.63, 3.8) is 0 Å². The first kappa shape index (κ1) is 36.0. The Balaban J connectivity index is 1.34. The monoisotopic (exact) mass is 687 g/mol. The molecule has 47 heavy (non-hydrogen) atoms. The lowest BCUT2D eigenvalue weighted by atomic mass is 9.88. The van der Waals surface area contributed by atoms with E-state index < -0.39 is 14.2 Å². The predicted octanol–water partition coefficient (Wildman–Crippen LogP) is 8.84. The van der Waals surface area contributed by atoms with Crippen LogP contribution < -0.4 is 0 Å². The van der Waals surface area contributed by atoms with E-state index in [9.17, 15) is 18.4 Å². The number of benzene rings is 2. The molecule has 3 aliphatic rings. The first-order chi connectivity index (χ1) is 22.2. The van der Waals surface area contributed by atoms with E-state index in [2.05, 4.69) is 58.7 Å². The van der Waals surface area contributed by atoms with Crippen LogP contribution in [0.4, 0.5) is 8.78 Å². The van der Waals surface area contributed by atoms with Gasteiger partial charge < -0.3 is 9.33 Å². The summed E-state index contributed by atoms with van der Waals surface area (Å²) >= 11 is 6.99. The number of halogens is 3. The Morgan fingerprint density at radius 2 is 1.55 bits per heavy atom. The highest BCUT2D eigenvalue weighted by molar-refractivity contribution is 6.77. The maximum atomic E-state index is 13.6. The number of piperidine rings is 2. The third-order valence-corrected chi connectivity index (χ3v) is 17.4. The van der Waals surface area contributed by atoms with E-state index in [1.165, 1.54) is 4.90 Å². The quantitative estimate of drug-likeness (QED) is 0.234. The first-order valence-electron chi connectivity index (χ1n) is 17.5. The SMILES string of the molecule is CC(C)[Si](OC1CCN(N2CCCC2=O)CC1Cc1ccc(-c2ccc(C(=O)N3CCC(F)(F)CC3)cc2)cc1Cl)(C(C)C)C(C)C. The van der Waals surface area contributed by atoms with Gasteiger partial charge in [0.05, 0.1) is 6.10 Å². The van der Waals surface area contributed by atoms with Crippen LogP contribution in [-0.2, 0) is 15.6 Å². The predicted molar refractivity (Wildman–Crippen MR) is 187 cm³/mol. The van der Waals surface area contributed by atoms with Crippen molar-refractivity contribution in [1.82, 2.24) is 14.9 Å². The number of nitrogens with zero attached hydrogens (tertiary/aromatic N) is 3. The Hall–Kier alpha value is -2.33. The Bertz CT molecular complexity index is 1390. The largest absolute Gasteiger partial charge is 0.413 e. The molecule has 3 saturated heterocycles. The highest BCUT2D eigenvalue weighted by atomic mass is 35.5. The number of hydrazine groups is 1. The van der Waals surface area contributed by atoms with Gasteiger partial charge in [0.15, 0.2) is 0 Å². The molecule has 5 rings (SSSR count). The van der Waals surface area contributed by atoms with Gasteiger partial charge in [-0.3, -0.25) is 14.6 Å². The van der Waals surface area contributed by atoms with E-state index in [1.807, 2.05) is 23.2 Å². The number of carbonyl (C=O) groups is 2. The summed E-state index contributed by atoms with van der Waals surface area (Å²) in [6.07, 6.45) is 2.67. The molecule has 3 fully saturated rings. The zero-order valence-electron chi connectivity index (χ0n) is 28.9. The van der Waals surface area contributed by atoms with Crippen molar-refractivity contribution in [2.45, 2.75) is 109 Å². The summed E-state index contributed by atoms with van der Waals surface area (Å²) in [6, 6.07) is 13.5. The molecule has 10 heteroatoms. The van der Waals surface area contributed by atoms with E-state index in [1.54, 1.807) is 12.1 Å². The lowest BCUT2D eigenvalue weighted by Crippen LogP contribution is -2.57. The minimum atomic E-state index is -2.69. The summed E-state index contributed by atoms with van der Waals surface area (Å²) in [5, 5.41) is 4.90. The zero-order valence-corrected chi connectivity index (χ0v) is 30.7. The van der Waals surface area contributed by atoms with Crippen LogP contribution >= 0.6 is 11.6 Å². The van der Waals surface area contributed by atoms with Gasteiger partial charge in [0.1, 0.15) is 0 Å². The van der Waals surface area contributed by atoms with Gasteiger partial charge in [0, 0.05) is 68.5 Å². The topological polar surface area (TPSA) is 53.1 Å². The molecule has 3 heterocycles. The van der Waals surface area contributed by atoms with Gasteiger partial charge in [0.2, 0.25) is 14.2 Å². The van der Waals surface area contributed by atoms with Gasteiger partial charge in [-0.05, 0) is 70.8 Å². The van der Waals surface area contributed by atoms with Crippen LogP contribution in [-0.4, -0.2) is 79.8 Å². The average Bonchev–Trinajstić information content (AvgIpc) is 3.46. The lowest BCUT2D eigenvalue weighted by molar-refractivity contribution is -0.149. The second kappa shape index (κ2) is 14.6. The molecule has 0 radical (unpaired) electrons. The van der Waals surface area contributed by atoms with Gasteiger partial charge in [-0.1, -0.05) is 77.4 Å². The molecule has 0 saturated carbocycles. The molecule has 2 aromatic carbocycles. The Morgan fingerprint density at radius 3 is 2.11 bits per heavy atom. The van der Waals surface area contributed by atoms with E-state index in [0.717, 1.165) is 55.6 Å². The molecule has 0 spiro atoms. The highest BCUT2D eigenvalue weighted by Gasteiger charge is 2.49. The second-order valence-corrected chi connectivity index (χ2v) is 20.6. The Morgan fingerprint density at radius 1 is 0.936 bits per heavy atom. The summed E-state index contributed by atoms with van der Waals surface area (Å²) < 4.78 is 34.5. The number of carbonyl (C=O) groups excluding carboxylic acids is 2. The zero-order chi connectivity index (χ0) is 34.1. The van der Waals surface area contributed by atoms with Crippen LogP contribution in [0.15, 0.2) is 42.5 Å². The second-order valence-electron chi connectivity index (χ2n) is 14.8. The molecule has 0 bridgehead atoms. The molecule has 2 aromatic rings. The fourth-order valence-corrected chi connectivity index (χ4v) is 14.3. The van der Waals surface area contributed by atoms with E-state index in [0.29, 0.717) is 33.6 Å². The lowest BCUT2D eigenvalue weighted by Gasteiger charge is -2.49. The van der Waals surface area contributed by atoms with Crippen molar-refractivity contribution in [3.05, 3.63) is 58.6 Å². The fourth-order valence-electron chi connectivity index (χ4n) is 8.37. The van der Waals surface area contributed by atoms with Gasteiger partial charge in [-0.15, -0.1) is 0 Å². The van der Waals surface area contributed by atoms with Crippen LogP contribution in [0.3, 0.4) is 0 Å². The molecular weight excluding hydrogens is 636 g/mol. The van der Waals surface area contributed by atoms with Crippen LogP contribution in [0.2, 0.25) is 21.6 Å². The van der Waals surface area contributed by atoms with Crippen LogP contribution in [0.5, 0.6) is 0 Å². The number of likely N-dealkylation sites (tertiary alicyclic amines) is 1. The van der Waals surface area contributed by atoms with Crippen molar-refractivity contribution >= 4 is 31.7 Å². The third-order valence-electron chi connectivity index (χ3n) is 10.9. The minimum absolute atomic E-state index is 0.0687. The minimum Gasteiger partial charge on any atom is -0.413 e. The fraction of sp³-hybridized carbons (Fsp3) is 0.622. The summed E-state index contributed by atoms with van der Waals surface area (Å²) in [6.45, 7) is 16.5. The molecule has 0 N–H and O–H groups in total. The van der Waals surface area contributed by atoms with E-state index in [4.69, 9.17) is 16.0 Å². The maximum Gasteiger partial charge on any atom is 0.253 e. The van der Waals surface area contributed by atoms with Crippen molar-refractivity contribution < 1.29 is 22.8 Å². The number of hydrogen-bond donors (Lipinski definition) is 0. The molecule has 2 atom stereocenters. The molecule has 3 aliphatic heterocycles. The van der Waals surface area contributed by atoms with Gasteiger partial charge in [0.25, 0.3) is 11.8 Å². The smallest absolute Gasteiger partial charge is 0.253 e. The molecule has 258 valence electrons. The van der Waals surface area contributed by atoms with E-state index in [-0.39, 0.29) is 49.8 Å². The third kappa shape index (κ3) is 7.79. The molecule has 2 unspecified atom stereocenters. The number of amides is 2. The standard InChI is InChI=1S/C37H52ClF2N3O3Si/c1-25(2)47(26(3)4,27(5)6)46-34-15-19-42(43-18-7-8-35(43)44)24-32(34)22-31-14-13-30(23-33(31)38)28-9-11-29(12-10-28)36(45)41-20-16-37(39,40)17-21-41/h9-14,23,25-27,32,34H,7-8,15-22,24H2,1-6H3. The van der Waals surface area contributed by atoms with Gasteiger partial charge in [-0.25, -0.2) is 13.8 Å². The van der Waals surface area contributed by atoms with Crippen LogP contribution in [0, 0.1) is 5.92 Å². The number of hydrogen-bond acceptors (Lipinski definition) is 4. The van der Waals surface area contributed by atoms with Gasteiger partial charge in [-0.2, -0.15) is 0 Å². The molecule has 6 nitrogen and oxygen atoms in total. The van der Waals surface area contributed by atoms with Crippen LogP contribution in [0.1, 0.15) is 89.6 Å². The van der Waals surface area contributed by atoms with Crippen molar-refractivity contribution in [2.75, 3.05) is 32.7 Å². The maximum absolute atomic E-state index is 13.6. The van der Waals surface area contributed by atoms with Crippen molar-refractivity contribution in [3.8, 4) is 11.1 Å².